The molecule has 1 aliphatic carbocycles. The lowest BCUT2D eigenvalue weighted by atomic mass is 9.77. The van der Waals surface area contributed by atoms with Crippen LogP contribution in [0.2, 0.25) is 0 Å². The quantitative estimate of drug-likeness (QED) is 0.566. The third-order valence-corrected chi connectivity index (χ3v) is 3.82. The Bertz CT molecular complexity index is 199. The van der Waals surface area contributed by atoms with Crippen LogP contribution in [0.4, 0.5) is 8.78 Å². The molecule has 0 aromatic rings. The van der Waals surface area contributed by atoms with Crippen molar-refractivity contribution in [1.82, 2.24) is 5.43 Å². The molecule has 0 saturated heterocycles. The molecule has 0 heterocycles. The maximum atomic E-state index is 13.0. The van der Waals surface area contributed by atoms with Crippen LogP contribution in [-0.2, 0) is 0 Å². The highest BCUT2D eigenvalue weighted by Gasteiger charge is 2.38. The Morgan fingerprint density at radius 1 is 1.38 bits per heavy atom. The van der Waals surface area contributed by atoms with E-state index >= 15 is 0 Å². The first-order valence-electron chi connectivity index (χ1n) is 6.34. The molecule has 2 nitrogen and oxygen atoms in total. The van der Waals surface area contributed by atoms with Crippen LogP contribution >= 0.6 is 0 Å². The molecule has 1 saturated carbocycles. The maximum Gasteiger partial charge on any atom is 0.248 e. The van der Waals surface area contributed by atoms with Crippen molar-refractivity contribution in [2.24, 2.45) is 17.7 Å². The molecule has 0 aromatic heterocycles. The van der Waals surface area contributed by atoms with Crippen molar-refractivity contribution >= 4 is 0 Å². The van der Waals surface area contributed by atoms with Gasteiger partial charge in [0, 0.05) is 18.9 Å². The summed E-state index contributed by atoms with van der Waals surface area (Å²) in [6.45, 7) is 4.29. The van der Waals surface area contributed by atoms with Crippen LogP contribution in [0, 0.1) is 11.8 Å². The number of halogens is 2. The highest BCUT2D eigenvalue weighted by molar-refractivity contribution is 4.86. The fourth-order valence-corrected chi connectivity index (χ4v) is 2.82. The van der Waals surface area contributed by atoms with Crippen molar-refractivity contribution in [2.45, 2.75) is 64.3 Å². The van der Waals surface area contributed by atoms with Crippen LogP contribution in [0.1, 0.15) is 52.4 Å². The second-order valence-electron chi connectivity index (χ2n) is 5.15. The summed E-state index contributed by atoms with van der Waals surface area (Å²) in [5, 5.41) is 0. The van der Waals surface area contributed by atoms with E-state index in [0.29, 0.717) is 24.7 Å². The van der Waals surface area contributed by atoms with Crippen molar-refractivity contribution in [3.8, 4) is 0 Å². The number of hydrazine groups is 1. The summed E-state index contributed by atoms with van der Waals surface area (Å²) in [7, 11) is 0. The van der Waals surface area contributed by atoms with Crippen molar-refractivity contribution in [2.75, 3.05) is 0 Å². The smallest absolute Gasteiger partial charge is 0.248 e. The molecule has 1 rings (SSSR count). The van der Waals surface area contributed by atoms with Gasteiger partial charge in [0.2, 0.25) is 5.92 Å². The van der Waals surface area contributed by atoms with E-state index in [9.17, 15) is 8.78 Å². The van der Waals surface area contributed by atoms with Gasteiger partial charge in [0.1, 0.15) is 0 Å². The van der Waals surface area contributed by atoms with Gasteiger partial charge < -0.3 is 0 Å². The average Bonchev–Trinajstić information content (AvgIpc) is 2.22. The molecule has 0 aromatic carbocycles. The summed E-state index contributed by atoms with van der Waals surface area (Å²) in [6.07, 6.45) is 3.44. The average molecular weight is 234 g/mol. The zero-order valence-electron chi connectivity index (χ0n) is 10.3. The Hall–Kier alpha value is -0.220. The third kappa shape index (κ3) is 3.67. The molecule has 0 aliphatic heterocycles. The van der Waals surface area contributed by atoms with Crippen molar-refractivity contribution in [3.63, 3.8) is 0 Å². The number of alkyl halides is 2. The molecule has 3 N–H and O–H groups in total. The molecule has 1 fully saturated rings. The van der Waals surface area contributed by atoms with E-state index in [1.54, 1.807) is 0 Å². The van der Waals surface area contributed by atoms with Gasteiger partial charge >= 0.3 is 0 Å². The predicted octanol–water partition coefficient (Wildman–Crippen LogP) is 3.08. The van der Waals surface area contributed by atoms with E-state index in [1.165, 1.54) is 0 Å². The van der Waals surface area contributed by atoms with Crippen LogP contribution in [0.15, 0.2) is 0 Å². The van der Waals surface area contributed by atoms with Gasteiger partial charge in [0.05, 0.1) is 0 Å². The number of nitrogens with two attached hydrogens (primary N) is 1. The summed E-state index contributed by atoms with van der Waals surface area (Å²) in [5.74, 6) is 3.90. The summed E-state index contributed by atoms with van der Waals surface area (Å²) in [5.41, 5.74) is 2.84. The third-order valence-electron chi connectivity index (χ3n) is 3.82. The Labute approximate surface area is 96.9 Å². The molecular formula is C12H24F2N2. The lowest BCUT2D eigenvalue weighted by Gasteiger charge is -2.36. The van der Waals surface area contributed by atoms with Gasteiger partial charge in [-0.15, -0.1) is 0 Å². The Morgan fingerprint density at radius 3 is 2.38 bits per heavy atom. The van der Waals surface area contributed by atoms with Crippen LogP contribution in [-0.4, -0.2) is 12.0 Å². The zero-order chi connectivity index (χ0) is 12.2. The molecule has 2 unspecified atom stereocenters. The minimum Gasteiger partial charge on any atom is -0.271 e. The SMILES string of the molecule is CCCC(C)C(NN)C1CCC(F)(F)CC1. The number of hydrogen-bond donors (Lipinski definition) is 2. The minimum atomic E-state index is -2.44. The highest BCUT2D eigenvalue weighted by Crippen LogP contribution is 2.38. The van der Waals surface area contributed by atoms with E-state index < -0.39 is 5.92 Å². The Balaban J connectivity index is 2.48. The zero-order valence-corrected chi connectivity index (χ0v) is 10.3. The maximum absolute atomic E-state index is 13.0. The van der Waals surface area contributed by atoms with E-state index in [2.05, 4.69) is 19.3 Å². The number of rotatable bonds is 5. The molecule has 0 spiro atoms. The first-order chi connectivity index (χ1) is 7.50. The van der Waals surface area contributed by atoms with Gasteiger partial charge in [-0.05, 0) is 31.1 Å². The molecule has 0 radical (unpaired) electrons. The monoisotopic (exact) mass is 234 g/mol. The van der Waals surface area contributed by atoms with Gasteiger partial charge in [-0.2, -0.15) is 0 Å². The lowest BCUT2D eigenvalue weighted by molar-refractivity contribution is -0.0519. The summed E-state index contributed by atoms with van der Waals surface area (Å²) < 4.78 is 26.1. The summed E-state index contributed by atoms with van der Waals surface area (Å²) in [6, 6.07) is 0.191. The molecule has 96 valence electrons. The molecular weight excluding hydrogens is 210 g/mol. The lowest BCUT2D eigenvalue weighted by Crippen LogP contribution is -2.47. The fourth-order valence-electron chi connectivity index (χ4n) is 2.82. The normalized spacial score (nSPS) is 25.3. The summed E-state index contributed by atoms with van der Waals surface area (Å²) >= 11 is 0. The van der Waals surface area contributed by atoms with Gasteiger partial charge in [0.15, 0.2) is 0 Å². The number of nitrogens with one attached hydrogen (secondary N) is 1. The van der Waals surface area contributed by atoms with Crippen molar-refractivity contribution < 1.29 is 8.78 Å². The second kappa shape index (κ2) is 5.92. The topological polar surface area (TPSA) is 38.0 Å². The standard InChI is InChI=1S/C12H24F2N2/c1-3-4-9(2)11(16-15)10-5-7-12(13,14)8-6-10/h9-11,16H,3-8,15H2,1-2H3. The second-order valence-corrected chi connectivity index (χ2v) is 5.15. The molecule has 2 atom stereocenters. The van der Waals surface area contributed by atoms with Gasteiger partial charge in [-0.3, -0.25) is 11.3 Å². The van der Waals surface area contributed by atoms with E-state index in [4.69, 9.17) is 5.84 Å². The fraction of sp³-hybridized carbons (Fsp3) is 1.00. The largest absolute Gasteiger partial charge is 0.271 e. The molecule has 0 bridgehead atoms. The van der Waals surface area contributed by atoms with Gasteiger partial charge in [0.25, 0.3) is 0 Å². The van der Waals surface area contributed by atoms with Crippen LogP contribution < -0.4 is 11.3 Å². The molecule has 16 heavy (non-hydrogen) atoms. The van der Waals surface area contributed by atoms with Gasteiger partial charge in [-0.1, -0.05) is 20.3 Å². The van der Waals surface area contributed by atoms with Crippen LogP contribution in [0.25, 0.3) is 0 Å². The van der Waals surface area contributed by atoms with E-state index in [-0.39, 0.29) is 18.9 Å². The Morgan fingerprint density at radius 2 is 1.94 bits per heavy atom. The van der Waals surface area contributed by atoms with E-state index in [1.807, 2.05) is 0 Å². The van der Waals surface area contributed by atoms with Crippen molar-refractivity contribution in [3.05, 3.63) is 0 Å². The predicted molar refractivity (Wildman–Crippen MR) is 62.1 cm³/mol. The van der Waals surface area contributed by atoms with Crippen molar-refractivity contribution in [1.29, 1.82) is 0 Å². The van der Waals surface area contributed by atoms with E-state index in [0.717, 1.165) is 12.8 Å². The van der Waals surface area contributed by atoms with Crippen LogP contribution in [0.5, 0.6) is 0 Å². The van der Waals surface area contributed by atoms with Crippen LogP contribution in [0.3, 0.4) is 0 Å². The molecule has 1 aliphatic rings. The highest BCUT2D eigenvalue weighted by atomic mass is 19.3. The molecule has 0 amide bonds. The first-order valence-corrected chi connectivity index (χ1v) is 6.34. The number of hydrogen-bond acceptors (Lipinski definition) is 2. The van der Waals surface area contributed by atoms with Gasteiger partial charge in [-0.25, -0.2) is 8.78 Å². The summed E-state index contributed by atoms with van der Waals surface area (Å²) in [4.78, 5) is 0. The Kier molecular flexibility index (Phi) is 5.12. The minimum absolute atomic E-state index is 0.0225. The first kappa shape index (κ1) is 13.8. The molecule has 4 heteroatoms.